The lowest BCUT2D eigenvalue weighted by Crippen LogP contribution is -2.53. The van der Waals surface area contributed by atoms with Crippen molar-refractivity contribution in [1.29, 1.82) is 0 Å². The van der Waals surface area contributed by atoms with Crippen molar-refractivity contribution in [2.45, 2.75) is 56.8 Å². The molecule has 2 aliphatic rings. The van der Waals surface area contributed by atoms with Crippen molar-refractivity contribution >= 4 is 11.9 Å². The Morgan fingerprint density at radius 3 is 2.84 bits per heavy atom. The Labute approximate surface area is 147 Å². The Hall–Kier alpha value is -1.86. The number of aromatic nitrogens is 1. The van der Waals surface area contributed by atoms with Gasteiger partial charge in [0.25, 0.3) is 5.91 Å². The summed E-state index contributed by atoms with van der Waals surface area (Å²) in [7, 11) is 1.70. The summed E-state index contributed by atoms with van der Waals surface area (Å²) >= 11 is 0. The van der Waals surface area contributed by atoms with Gasteiger partial charge < -0.3 is 24.5 Å². The number of nitrogens with zero attached hydrogens (tertiary/aromatic N) is 1. The predicted molar refractivity (Wildman–Crippen MR) is 90.6 cm³/mol. The Kier molecular flexibility index (Phi) is 5.15. The number of methoxy groups -OCH3 is 1. The number of aryl methyl sites for hydroxylation is 1. The van der Waals surface area contributed by atoms with Gasteiger partial charge in [-0.25, -0.2) is 4.79 Å². The first-order valence-corrected chi connectivity index (χ1v) is 8.86. The number of carboxylic acid groups (broad SMARTS) is 1. The van der Waals surface area contributed by atoms with Crippen LogP contribution in [0.4, 0.5) is 0 Å². The van der Waals surface area contributed by atoms with E-state index in [1.807, 2.05) is 24.0 Å². The fourth-order valence-corrected chi connectivity index (χ4v) is 4.17. The van der Waals surface area contributed by atoms with E-state index in [2.05, 4.69) is 4.98 Å². The molecule has 1 aliphatic heterocycles. The van der Waals surface area contributed by atoms with Crippen molar-refractivity contribution in [2.24, 2.45) is 0 Å². The molecule has 0 bridgehead atoms. The largest absolute Gasteiger partial charge is 0.480 e. The molecule has 0 spiro atoms. The van der Waals surface area contributed by atoms with Gasteiger partial charge in [-0.05, 0) is 44.2 Å². The van der Waals surface area contributed by atoms with E-state index in [4.69, 9.17) is 14.6 Å². The minimum atomic E-state index is -0.971. The molecule has 7 nitrogen and oxygen atoms in total. The van der Waals surface area contributed by atoms with Crippen LogP contribution >= 0.6 is 0 Å². The molecule has 3 rings (SSSR count). The second-order valence-electron chi connectivity index (χ2n) is 6.89. The van der Waals surface area contributed by atoms with Gasteiger partial charge in [0, 0.05) is 19.3 Å². The monoisotopic (exact) mass is 350 g/mol. The molecule has 25 heavy (non-hydrogen) atoms. The molecule has 1 aromatic heterocycles. The highest BCUT2D eigenvalue weighted by atomic mass is 16.5. The molecule has 1 saturated carbocycles. The second-order valence-corrected chi connectivity index (χ2v) is 6.89. The van der Waals surface area contributed by atoms with E-state index < -0.39 is 5.97 Å². The van der Waals surface area contributed by atoms with Crippen molar-refractivity contribution < 1.29 is 24.2 Å². The van der Waals surface area contributed by atoms with Gasteiger partial charge in [0.2, 0.25) is 0 Å². The highest BCUT2D eigenvalue weighted by molar-refractivity contribution is 5.93. The van der Waals surface area contributed by atoms with Gasteiger partial charge in [-0.2, -0.15) is 0 Å². The highest BCUT2D eigenvalue weighted by Crippen LogP contribution is 2.43. The Balaban J connectivity index is 1.76. The fourth-order valence-electron chi connectivity index (χ4n) is 4.17. The summed E-state index contributed by atoms with van der Waals surface area (Å²) in [4.78, 5) is 28.8. The standard InChI is InChI=1S/C18H26N2O5/c1-3-12-4-5-14(19-12)17(23)20-9-8-18(24-2)7-6-13(10-15(18)20)25-11-16(21)22/h4-5,13,15,19H,3,6-11H2,1-2H3,(H,21,22)/t13-,15+,18-/m1/s1. The van der Waals surface area contributed by atoms with Gasteiger partial charge in [0.1, 0.15) is 12.3 Å². The Morgan fingerprint density at radius 1 is 1.40 bits per heavy atom. The van der Waals surface area contributed by atoms with Crippen molar-refractivity contribution in [3.8, 4) is 0 Å². The molecule has 0 radical (unpaired) electrons. The van der Waals surface area contributed by atoms with Crippen molar-refractivity contribution in [2.75, 3.05) is 20.3 Å². The molecule has 1 saturated heterocycles. The van der Waals surface area contributed by atoms with Gasteiger partial charge in [-0.1, -0.05) is 6.92 Å². The molecule has 2 N–H and O–H groups in total. The zero-order valence-corrected chi connectivity index (χ0v) is 14.8. The Bertz CT molecular complexity index is 643. The number of aliphatic carboxylic acids is 1. The zero-order chi connectivity index (χ0) is 18.0. The third-order valence-corrected chi connectivity index (χ3v) is 5.60. The van der Waals surface area contributed by atoms with Crippen LogP contribution in [0.15, 0.2) is 12.1 Å². The summed E-state index contributed by atoms with van der Waals surface area (Å²) in [5.74, 6) is -0.996. The normalized spacial score (nSPS) is 28.8. The average molecular weight is 350 g/mol. The molecule has 1 aliphatic carbocycles. The number of hydrogen-bond acceptors (Lipinski definition) is 4. The van der Waals surface area contributed by atoms with E-state index in [0.717, 1.165) is 31.4 Å². The van der Waals surface area contributed by atoms with E-state index in [0.29, 0.717) is 18.7 Å². The van der Waals surface area contributed by atoms with Crippen LogP contribution < -0.4 is 0 Å². The number of amides is 1. The number of carboxylic acids is 1. The maximum Gasteiger partial charge on any atom is 0.329 e. The first kappa shape index (κ1) is 17.9. The number of ether oxygens (including phenoxy) is 2. The fraction of sp³-hybridized carbons (Fsp3) is 0.667. The van der Waals surface area contributed by atoms with Gasteiger partial charge in [-0.15, -0.1) is 0 Å². The number of nitrogens with one attached hydrogen (secondary N) is 1. The van der Waals surface area contributed by atoms with Crippen LogP contribution in [0.25, 0.3) is 0 Å². The number of fused-ring (bicyclic) bond motifs is 1. The quantitative estimate of drug-likeness (QED) is 0.817. The van der Waals surface area contributed by atoms with Gasteiger partial charge >= 0.3 is 5.97 Å². The van der Waals surface area contributed by atoms with E-state index in [9.17, 15) is 9.59 Å². The number of hydrogen-bond donors (Lipinski definition) is 2. The van der Waals surface area contributed by atoms with Crippen LogP contribution in [-0.2, 0) is 20.7 Å². The van der Waals surface area contributed by atoms with E-state index >= 15 is 0 Å². The number of carbonyl (C=O) groups is 2. The van der Waals surface area contributed by atoms with Gasteiger partial charge in [0.15, 0.2) is 0 Å². The number of aromatic amines is 1. The second kappa shape index (κ2) is 7.17. The third-order valence-electron chi connectivity index (χ3n) is 5.60. The van der Waals surface area contributed by atoms with Crippen molar-refractivity contribution in [3.63, 3.8) is 0 Å². The molecular formula is C18H26N2O5. The smallest absolute Gasteiger partial charge is 0.329 e. The summed E-state index contributed by atoms with van der Waals surface area (Å²) in [6.07, 6.45) is 3.62. The average Bonchev–Trinajstić information content (AvgIpc) is 3.24. The van der Waals surface area contributed by atoms with E-state index in [1.54, 1.807) is 7.11 Å². The Morgan fingerprint density at radius 2 is 2.20 bits per heavy atom. The first-order valence-electron chi connectivity index (χ1n) is 8.86. The molecule has 1 aromatic rings. The molecular weight excluding hydrogens is 324 g/mol. The third kappa shape index (κ3) is 3.43. The summed E-state index contributed by atoms with van der Waals surface area (Å²) in [5.41, 5.74) is 1.28. The number of likely N-dealkylation sites (tertiary alicyclic amines) is 1. The number of carbonyl (C=O) groups excluding carboxylic acids is 1. The number of H-pyrrole nitrogens is 1. The maximum absolute atomic E-state index is 13.0. The van der Waals surface area contributed by atoms with Crippen LogP contribution in [0.5, 0.6) is 0 Å². The summed E-state index contributed by atoms with van der Waals surface area (Å²) < 4.78 is 11.3. The van der Waals surface area contributed by atoms with E-state index in [-0.39, 0.29) is 30.3 Å². The zero-order valence-electron chi connectivity index (χ0n) is 14.8. The molecule has 3 atom stereocenters. The molecule has 2 fully saturated rings. The van der Waals surface area contributed by atoms with Crippen LogP contribution in [0.2, 0.25) is 0 Å². The van der Waals surface area contributed by atoms with Crippen LogP contribution in [0.1, 0.15) is 48.8 Å². The van der Waals surface area contributed by atoms with Crippen LogP contribution in [-0.4, -0.2) is 64.9 Å². The topological polar surface area (TPSA) is 91.9 Å². The summed E-state index contributed by atoms with van der Waals surface area (Å²) in [5, 5.41) is 8.82. The molecule has 2 heterocycles. The lowest BCUT2D eigenvalue weighted by molar-refractivity contribution is -0.148. The maximum atomic E-state index is 13.0. The summed E-state index contributed by atoms with van der Waals surface area (Å²) in [6.45, 7) is 2.38. The molecule has 0 unspecified atom stereocenters. The minimum Gasteiger partial charge on any atom is -0.480 e. The lowest BCUT2D eigenvalue weighted by atomic mass is 9.79. The SMILES string of the molecule is CCc1ccc(C(=O)N2CC[C@]3(OC)CC[C@@H](OCC(=O)O)C[C@H]23)[nH]1. The van der Waals surface area contributed by atoms with Crippen molar-refractivity contribution in [1.82, 2.24) is 9.88 Å². The number of rotatable bonds is 6. The lowest BCUT2D eigenvalue weighted by Gasteiger charge is -2.43. The molecule has 1 amide bonds. The highest BCUT2D eigenvalue weighted by Gasteiger charge is 2.53. The van der Waals surface area contributed by atoms with E-state index in [1.165, 1.54) is 0 Å². The minimum absolute atomic E-state index is 0.0255. The van der Waals surface area contributed by atoms with Crippen LogP contribution in [0, 0.1) is 0 Å². The summed E-state index contributed by atoms with van der Waals surface area (Å²) in [6, 6.07) is 3.67. The first-order chi connectivity index (χ1) is 12.0. The molecule has 7 heteroatoms. The predicted octanol–water partition coefficient (Wildman–Crippen LogP) is 1.83. The molecule has 138 valence electrons. The van der Waals surface area contributed by atoms with Gasteiger partial charge in [-0.3, -0.25) is 4.79 Å². The van der Waals surface area contributed by atoms with Crippen molar-refractivity contribution in [3.05, 3.63) is 23.5 Å². The van der Waals surface area contributed by atoms with Gasteiger partial charge in [0.05, 0.1) is 17.7 Å². The molecule has 0 aromatic carbocycles. The van der Waals surface area contributed by atoms with Crippen LogP contribution in [0.3, 0.4) is 0 Å².